The fourth-order valence-corrected chi connectivity index (χ4v) is 4.13. The third-order valence-electron chi connectivity index (χ3n) is 6.08. The van der Waals surface area contributed by atoms with E-state index in [9.17, 15) is 0 Å². The van der Waals surface area contributed by atoms with Crippen LogP contribution in [0.4, 0.5) is 0 Å². The van der Waals surface area contributed by atoms with Crippen molar-refractivity contribution in [3.05, 3.63) is 78.0 Å². The fourth-order valence-electron chi connectivity index (χ4n) is 4.13. The predicted molar refractivity (Wildman–Crippen MR) is 129 cm³/mol. The first-order chi connectivity index (χ1) is 15.7. The summed E-state index contributed by atoms with van der Waals surface area (Å²) in [6.45, 7) is 6.98. The average molecular weight is 432 g/mol. The number of pyridine rings is 1. The molecule has 168 valence electrons. The van der Waals surface area contributed by atoms with Crippen LogP contribution in [0.3, 0.4) is 0 Å². The Morgan fingerprint density at radius 3 is 2.56 bits per heavy atom. The van der Waals surface area contributed by atoms with Gasteiger partial charge in [0.05, 0.1) is 7.11 Å². The van der Waals surface area contributed by atoms with Crippen LogP contribution >= 0.6 is 0 Å². The predicted octanol–water partition coefficient (Wildman–Crippen LogP) is 5.08. The van der Waals surface area contributed by atoms with Crippen LogP contribution in [0.25, 0.3) is 11.1 Å². The van der Waals surface area contributed by atoms with Gasteiger partial charge in [0.15, 0.2) is 0 Å². The molecule has 2 aromatic carbocycles. The second-order valence-electron chi connectivity index (χ2n) is 8.33. The minimum absolute atomic E-state index is 0.278. The Bertz CT molecular complexity index is 970. The Morgan fingerprint density at radius 1 is 1.03 bits per heavy atom. The maximum atomic E-state index is 5.85. The molecule has 2 heterocycles. The highest BCUT2D eigenvalue weighted by molar-refractivity contribution is 5.70. The molecule has 0 radical (unpaired) electrons. The summed E-state index contributed by atoms with van der Waals surface area (Å²) in [6.07, 6.45) is 4.47. The van der Waals surface area contributed by atoms with Crippen molar-refractivity contribution < 1.29 is 9.47 Å². The summed E-state index contributed by atoms with van der Waals surface area (Å²) in [7, 11) is 1.71. The first-order valence-electron chi connectivity index (χ1n) is 11.5. The summed E-state index contributed by atoms with van der Waals surface area (Å²) in [5.74, 6) is 1.51. The van der Waals surface area contributed by atoms with Crippen LogP contribution in [0.15, 0.2) is 66.9 Å². The van der Waals surface area contributed by atoms with Gasteiger partial charge in [-0.3, -0.25) is 4.90 Å². The summed E-state index contributed by atoms with van der Waals surface area (Å²) >= 11 is 0. The van der Waals surface area contributed by atoms with Gasteiger partial charge in [-0.2, -0.15) is 0 Å². The molecule has 1 fully saturated rings. The summed E-state index contributed by atoms with van der Waals surface area (Å²) in [6, 6.07) is 21.1. The number of benzene rings is 2. The number of methoxy groups -OCH3 is 1. The van der Waals surface area contributed by atoms with Crippen LogP contribution in [0, 0.1) is 0 Å². The highest BCUT2D eigenvalue weighted by Gasteiger charge is 2.12. The lowest BCUT2D eigenvalue weighted by atomic mass is 10.0. The highest BCUT2D eigenvalue weighted by atomic mass is 16.5. The molecule has 32 heavy (non-hydrogen) atoms. The monoisotopic (exact) mass is 431 g/mol. The number of nitrogens with zero attached hydrogens (tertiary/aromatic N) is 2. The van der Waals surface area contributed by atoms with Crippen molar-refractivity contribution >= 4 is 0 Å². The first-order valence-corrected chi connectivity index (χ1v) is 11.5. The van der Waals surface area contributed by atoms with Crippen LogP contribution in [0.5, 0.6) is 11.6 Å². The van der Waals surface area contributed by atoms with Gasteiger partial charge in [-0.05, 0) is 62.2 Å². The number of ether oxygens (including phenoxy) is 2. The maximum absolute atomic E-state index is 5.85. The quantitative estimate of drug-likeness (QED) is 0.485. The van der Waals surface area contributed by atoms with E-state index in [0.717, 1.165) is 30.0 Å². The molecule has 1 saturated heterocycles. The van der Waals surface area contributed by atoms with Crippen molar-refractivity contribution in [1.82, 2.24) is 15.2 Å². The van der Waals surface area contributed by atoms with Gasteiger partial charge in [-0.25, -0.2) is 4.98 Å². The van der Waals surface area contributed by atoms with Crippen LogP contribution in [-0.2, 0) is 6.54 Å². The van der Waals surface area contributed by atoms with Gasteiger partial charge in [0.1, 0.15) is 12.4 Å². The molecule has 1 atom stereocenters. The SMILES string of the molecule is COc1ccc(CNC(C)c2ccccc2)cc1-c1ccc(OCCN2CCCC2)nc1. The summed E-state index contributed by atoms with van der Waals surface area (Å²) in [4.78, 5) is 6.97. The molecule has 4 rings (SSSR count). The zero-order chi connectivity index (χ0) is 22.2. The lowest BCUT2D eigenvalue weighted by Crippen LogP contribution is -2.25. The summed E-state index contributed by atoms with van der Waals surface area (Å²) < 4.78 is 11.5. The Kier molecular flexibility index (Phi) is 7.75. The van der Waals surface area contributed by atoms with Gasteiger partial charge >= 0.3 is 0 Å². The number of hydrogen-bond acceptors (Lipinski definition) is 5. The summed E-state index contributed by atoms with van der Waals surface area (Å²) in [5.41, 5.74) is 4.54. The second kappa shape index (κ2) is 11.1. The van der Waals surface area contributed by atoms with Gasteiger partial charge < -0.3 is 14.8 Å². The van der Waals surface area contributed by atoms with E-state index < -0.39 is 0 Å². The van der Waals surface area contributed by atoms with Gasteiger partial charge in [-0.1, -0.05) is 36.4 Å². The highest BCUT2D eigenvalue weighted by Crippen LogP contribution is 2.31. The van der Waals surface area contributed by atoms with E-state index in [1.165, 1.54) is 37.1 Å². The lowest BCUT2D eigenvalue weighted by Gasteiger charge is -2.16. The first kappa shape index (κ1) is 22.3. The Balaban J connectivity index is 1.39. The maximum Gasteiger partial charge on any atom is 0.213 e. The van der Waals surface area contributed by atoms with E-state index in [1.807, 2.05) is 24.4 Å². The Hall–Kier alpha value is -2.89. The van der Waals surface area contributed by atoms with E-state index in [1.54, 1.807) is 7.11 Å². The minimum atomic E-state index is 0.278. The Labute approximate surface area is 191 Å². The molecule has 1 unspecified atom stereocenters. The fraction of sp³-hybridized carbons (Fsp3) is 0.370. The third kappa shape index (κ3) is 5.87. The van der Waals surface area contributed by atoms with E-state index in [2.05, 4.69) is 64.6 Å². The normalized spacial score (nSPS) is 14.9. The largest absolute Gasteiger partial charge is 0.496 e. The number of hydrogen-bond donors (Lipinski definition) is 1. The average Bonchev–Trinajstić information content (AvgIpc) is 3.37. The van der Waals surface area contributed by atoms with E-state index in [4.69, 9.17) is 9.47 Å². The molecule has 3 aromatic rings. The molecule has 0 bridgehead atoms. The van der Waals surface area contributed by atoms with Crippen molar-refractivity contribution in [2.75, 3.05) is 33.4 Å². The van der Waals surface area contributed by atoms with Crippen molar-refractivity contribution in [3.8, 4) is 22.8 Å². The number of likely N-dealkylation sites (tertiary alicyclic amines) is 1. The van der Waals surface area contributed by atoms with Crippen LogP contribution in [0.1, 0.15) is 36.9 Å². The second-order valence-corrected chi connectivity index (χ2v) is 8.33. The van der Waals surface area contributed by atoms with Crippen molar-refractivity contribution in [2.24, 2.45) is 0 Å². The zero-order valence-corrected chi connectivity index (χ0v) is 19.1. The van der Waals surface area contributed by atoms with Crippen LogP contribution in [0.2, 0.25) is 0 Å². The third-order valence-corrected chi connectivity index (χ3v) is 6.08. The van der Waals surface area contributed by atoms with Crippen LogP contribution < -0.4 is 14.8 Å². The molecule has 0 aliphatic carbocycles. The van der Waals surface area contributed by atoms with Crippen molar-refractivity contribution in [1.29, 1.82) is 0 Å². The molecule has 5 heteroatoms. The Morgan fingerprint density at radius 2 is 1.84 bits per heavy atom. The molecular formula is C27H33N3O2. The van der Waals surface area contributed by atoms with Gasteiger partial charge in [0.2, 0.25) is 5.88 Å². The lowest BCUT2D eigenvalue weighted by molar-refractivity contribution is 0.232. The van der Waals surface area contributed by atoms with Gasteiger partial charge in [-0.15, -0.1) is 0 Å². The molecule has 0 saturated carbocycles. The number of rotatable bonds is 10. The molecule has 1 aliphatic heterocycles. The van der Waals surface area contributed by atoms with E-state index >= 15 is 0 Å². The number of nitrogens with one attached hydrogen (secondary N) is 1. The molecule has 0 spiro atoms. The van der Waals surface area contributed by atoms with Gasteiger partial charge in [0, 0.05) is 42.5 Å². The molecule has 0 amide bonds. The standard InChI is InChI=1S/C27H33N3O2/c1-21(23-8-4-3-5-9-23)28-19-22-10-12-26(31-2)25(18-22)24-11-13-27(29-20-24)32-17-16-30-14-6-7-15-30/h3-5,8-13,18,20-21,28H,6-7,14-17,19H2,1-2H3. The minimum Gasteiger partial charge on any atom is -0.496 e. The summed E-state index contributed by atoms with van der Waals surface area (Å²) in [5, 5.41) is 3.61. The smallest absolute Gasteiger partial charge is 0.213 e. The molecule has 1 aliphatic rings. The van der Waals surface area contributed by atoms with Gasteiger partial charge in [0.25, 0.3) is 0 Å². The van der Waals surface area contributed by atoms with E-state index in [0.29, 0.717) is 12.5 Å². The molecule has 5 nitrogen and oxygen atoms in total. The van der Waals surface area contributed by atoms with E-state index in [-0.39, 0.29) is 6.04 Å². The molecule has 1 N–H and O–H groups in total. The zero-order valence-electron chi connectivity index (χ0n) is 19.1. The molecule has 1 aromatic heterocycles. The van der Waals surface area contributed by atoms with Crippen molar-refractivity contribution in [3.63, 3.8) is 0 Å². The number of aromatic nitrogens is 1. The topological polar surface area (TPSA) is 46.6 Å². The van der Waals surface area contributed by atoms with Crippen molar-refractivity contribution in [2.45, 2.75) is 32.4 Å². The molecular weight excluding hydrogens is 398 g/mol. The van der Waals surface area contributed by atoms with Crippen LogP contribution in [-0.4, -0.2) is 43.2 Å².